The Morgan fingerprint density at radius 1 is 1.25 bits per heavy atom. The van der Waals surface area contributed by atoms with Crippen molar-refractivity contribution in [2.75, 3.05) is 0 Å². The first-order chi connectivity index (χ1) is 1.00. The van der Waals surface area contributed by atoms with E-state index in [4.69, 9.17) is 2.85 Å². The SMILES string of the molecule is [AlH3].[GaH3].[O]=[In]. The van der Waals surface area contributed by atoms with Gasteiger partial charge in [-0.1, -0.05) is 0 Å². The zero-order chi connectivity index (χ0) is 2.00. The van der Waals surface area contributed by atoms with Crippen LogP contribution in [-0.4, -0.2) is 61.5 Å². The van der Waals surface area contributed by atoms with Gasteiger partial charge in [-0.25, -0.2) is 0 Å². The first-order valence-electron chi connectivity index (χ1n) is 0.236. The molecule has 0 unspecified atom stereocenters. The number of rotatable bonds is 0. The molecular weight excluding hydrogens is 228 g/mol. The Labute approximate surface area is 63.7 Å². The first-order valence-corrected chi connectivity index (χ1v) is 1.58. The van der Waals surface area contributed by atoms with E-state index in [1.54, 1.807) is 0 Å². The van der Waals surface area contributed by atoms with Gasteiger partial charge >= 0.3 is 47.0 Å². The molecule has 0 aromatic rings. The van der Waals surface area contributed by atoms with Gasteiger partial charge in [-0.2, -0.15) is 0 Å². The minimum absolute atomic E-state index is 0. The summed E-state index contributed by atoms with van der Waals surface area (Å²) in [5.41, 5.74) is 0. The van der Waals surface area contributed by atoms with Gasteiger partial charge in [0, 0.05) is 0 Å². The molecule has 0 bridgehead atoms. The molecule has 21 valence electrons. The van der Waals surface area contributed by atoms with Crippen LogP contribution in [0.2, 0.25) is 0 Å². The van der Waals surface area contributed by atoms with E-state index in [0.717, 1.165) is 0 Å². The van der Waals surface area contributed by atoms with E-state index >= 15 is 0 Å². The van der Waals surface area contributed by atoms with Crippen LogP contribution in [0.25, 0.3) is 0 Å². The Hall–Kier alpha value is 1.84. The van der Waals surface area contributed by atoms with Crippen molar-refractivity contribution in [1.82, 2.24) is 0 Å². The predicted octanol–water partition coefficient (Wildman–Crippen LogP) is -2.87. The molecule has 1 radical (unpaired) electrons. The fourth-order valence-electron chi connectivity index (χ4n) is 0. The van der Waals surface area contributed by atoms with Crippen LogP contribution < -0.4 is 0 Å². The first kappa shape index (κ1) is 17.0. The van der Waals surface area contributed by atoms with Crippen LogP contribution in [0, 0.1) is 0 Å². The molecular formula is H6AlGaInO. The van der Waals surface area contributed by atoms with E-state index < -0.39 is 0 Å². The van der Waals surface area contributed by atoms with Crippen molar-refractivity contribution < 1.29 is 2.85 Å². The van der Waals surface area contributed by atoms with E-state index in [1.807, 2.05) is 0 Å². The second kappa shape index (κ2) is 21.1. The summed E-state index contributed by atoms with van der Waals surface area (Å²) >= 11 is 0.100. The van der Waals surface area contributed by atoms with Gasteiger partial charge in [-0.15, -0.1) is 0 Å². The van der Waals surface area contributed by atoms with Crippen LogP contribution in [0.4, 0.5) is 0 Å². The number of hydrogen-bond acceptors (Lipinski definition) is 1. The second-order valence-electron chi connectivity index (χ2n) is 0. The monoisotopic (exact) mass is 233 g/mol. The normalized spacial score (nSPS) is 0.750. The Morgan fingerprint density at radius 3 is 1.25 bits per heavy atom. The summed E-state index contributed by atoms with van der Waals surface area (Å²) in [4.78, 5) is 0. The van der Waals surface area contributed by atoms with Gasteiger partial charge in [0.25, 0.3) is 0 Å². The molecule has 4 heteroatoms. The van der Waals surface area contributed by atoms with Crippen molar-refractivity contribution in [1.29, 1.82) is 0 Å². The molecule has 0 aromatic heterocycles. The van der Waals surface area contributed by atoms with Crippen LogP contribution in [0.5, 0.6) is 0 Å². The van der Waals surface area contributed by atoms with Crippen molar-refractivity contribution in [2.45, 2.75) is 0 Å². The molecule has 0 fully saturated rings. The Kier molecular flexibility index (Phi) is 89.4. The molecule has 0 saturated heterocycles. The standard InChI is InChI=1S/Al.Ga.In.O.6H. The minimum atomic E-state index is 0. The maximum atomic E-state index is 8.38. The topological polar surface area (TPSA) is 17.1 Å². The summed E-state index contributed by atoms with van der Waals surface area (Å²) in [6.07, 6.45) is 0. The summed E-state index contributed by atoms with van der Waals surface area (Å²) < 4.78 is 8.38. The quantitative estimate of drug-likeness (QED) is 0.411. The summed E-state index contributed by atoms with van der Waals surface area (Å²) in [5.74, 6) is 0. The van der Waals surface area contributed by atoms with Crippen molar-refractivity contribution in [3.05, 3.63) is 0 Å². The van der Waals surface area contributed by atoms with Gasteiger partial charge in [-0.3, -0.25) is 0 Å². The molecule has 0 N–H and O–H groups in total. The van der Waals surface area contributed by atoms with Crippen LogP contribution in [0.3, 0.4) is 0 Å². The molecule has 0 aliphatic rings. The molecule has 0 saturated carbocycles. The molecule has 0 amide bonds. The zero-order valence-corrected chi connectivity index (χ0v) is 4.28. The van der Waals surface area contributed by atoms with Gasteiger partial charge in [-0.05, 0) is 0 Å². The summed E-state index contributed by atoms with van der Waals surface area (Å²) in [5, 5.41) is 0. The zero-order valence-electron chi connectivity index (χ0n) is 0.986. The fraction of sp³-hybridized carbons (Fsp3) is 0. The second-order valence-corrected chi connectivity index (χ2v) is 0. The van der Waals surface area contributed by atoms with Crippen molar-refractivity contribution >= 4 is 61.5 Å². The third kappa shape index (κ3) is 9.15. The summed E-state index contributed by atoms with van der Waals surface area (Å²) in [6, 6.07) is 0. The maximum absolute atomic E-state index is 8.38. The van der Waals surface area contributed by atoms with Crippen LogP contribution in [-0.2, 0) is 2.85 Å². The van der Waals surface area contributed by atoms with E-state index in [-0.39, 0.29) is 61.5 Å². The van der Waals surface area contributed by atoms with Crippen molar-refractivity contribution in [3.63, 3.8) is 0 Å². The van der Waals surface area contributed by atoms with E-state index in [9.17, 15) is 0 Å². The van der Waals surface area contributed by atoms with Crippen molar-refractivity contribution in [2.24, 2.45) is 0 Å². The van der Waals surface area contributed by atoms with Gasteiger partial charge in [0.15, 0.2) is 17.4 Å². The average molecular weight is 234 g/mol. The van der Waals surface area contributed by atoms with Gasteiger partial charge in [0.2, 0.25) is 0 Å². The summed E-state index contributed by atoms with van der Waals surface area (Å²) in [7, 11) is 0. The van der Waals surface area contributed by atoms with Gasteiger partial charge in [0.1, 0.15) is 0 Å². The molecule has 0 aliphatic heterocycles. The molecule has 0 aliphatic carbocycles. The molecule has 0 spiro atoms. The number of hydrogen-bond donors (Lipinski definition) is 0. The molecule has 0 heterocycles. The molecule has 0 rings (SSSR count). The molecule has 4 heavy (non-hydrogen) atoms. The average Bonchev–Trinajstić information content (AvgIpc) is 1.00. The fourth-order valence-corrected chi connectivity index (χ4v) is 0. The molecule has 0 atom stereocenters. The van der Waals surface area contributed by atoms with Crippen LogP contribution >= 0.6 is 0 Å². The molecule has 0 aromatic carbocycles. The Bertz CT molecular complexity index is 8.00. The summed E-state index contributed by atoms with van der Waals surface area (Å²) in [6.45, 7) is 0. The van der Waals surface area contributed by atoms with E-state index in [2.05, 4.69) is 0 Å². The van der Waals surface area contributed by atoms with Crippen LogP contribution in [0.1, 0.15) is 0 Å². The predicted molar refractivity (Wildman–Crippen MR) is 26.3 cm³/mol. The van der Waals surface area contributed by atoms with E-state index in [0.29, 0.717) is 0 Å². The Balaban J connectivity index is -0.00000000500. The van der Waals surface area contributed by atoms with E-state index in [1.165, 1.54) is 0 Å². The van der Waals surface area contributed by atoms with Crippen molar-refractivity contribution in [3.8, 4) is 0 Å². The van der Waals surface area contributed by atoms with Gasteiger partial charge < -0.3 is 0 Å². The van der Waals surface area contributed by atoms with Gasteiger partial charge in [0.05, 0.1) is 0 Å². The Morgan fingerprint density at radius 2 is 1.25 bits per heavy atom. The third-order valence-electron chi connectivity index (χ3n) is 0. The van der Waals surface area contributed by atoms with Crippen LogP contribution in [0.15, 0.2) is 0 Å². The molecule has 1 nitrogen and oxygen atoms in total. The third-order valence-corrected chi connectivity index (χ3v) is 0.